The zero-order valence-corrected chi connectivity index (χ0v) is 18.5. The number of rotatable bonds is 7. The van der Waals surface area contributed by atoms with Gasteiger partial charge in [0.1, 0.15) is 17.9 Å². The highest BCUT2D eigenvalue weighted by molar-refractivity contribution is 6.99. The maximum atomic E-state index is 11.0. The first-order valence-corrected chi connectivity index (χ1v) is 11.8. The van der Waals surface area contributed by atoms with Gasteiger partial charge >= 0.3 is 0 Å². The van der Waals surface area contributed by atoms with Crippen molar-refractivity contribution in [2.75, 3.05) is 13.7 Å². The summed E-state index contributed by atoms with van der Waals surface area (Å²) in [6.45, 7) is 7.05. The van der Waals surface area contributed by atoms with E-state index in [0.717, 1.165) is 6.29 Å². The summed E-state index contributed by atoms with van der Waals surface area (Å²) in [5.74, 6) is 0. The SMILES string of the molecule is COC1(CO[Si](c2ccccc2)(c2ccccc2)C(C)(C)C)C=CC(C=O)N=C1. The molecule has 0 saturated heterocycles. The maximum absolute atomic E-state index is 11.0. The van der Waals surface area contributed by atoms with Gasteiger partial charge in [0.25, 0.3) is 8.32 Å². The van der Waals surface area contributed by atoms with Crippen LogP contribution in [0.25, 0.3) is 0 Å². The highest BCUT2D eigenvalue weighted by Crippen LogP contribution is 2.37. The predicted molar refractivity (Wildman–Crippen MR) is 121 cm³/mol. The van der Waals surface area contributed by atoms with Crippen molar-refractivity contribution in [2.45, 2.75) is 37.5 Å². The Kier molecular flexibility index (Phi) is 6.32. The first-order valence-electron chi connectivity index (χ1n) is 9.86. The van der Waals surface area contributed by atoms with E-state index in [1.165, 1.54) is 10.4 Å². The summed E-state index contributed by atoms with van der Waals surface area (Å²) in [7, 11) is -1.02. The summed E-state index contributed by atoms with van der Waals surface area (Å²) in [6.07, 6.45) is 6.17. The average Bonchev–Trinajstić information content (AvgIpc) is 2.75. The number of dihydropyridines is 1. The van der Waals surface area contributed by atoms with Crippen LogP contribution in [0.15, 0.2) is 77.8 Å². The average molecular weight is 408 g/mol. The van der Waals surface area contributed by atoms with Crippen LogP contribution in [0.5, 0.6) is 0 Å². The van der Waals surface area contributed by atoms with Gasteiger partial charge in [0.05, 0.1) is 6.61 Å². The normalized spacial score (nSPS) is 21.9. The third kappa shape index (κ3) is 4.17. The van der Waals surface area contributed by atoms with Crippen LogP contribution in [-0.4, -0.2) is 46.2 Å². The Morgan fingerprint density at radius 1 is 1.03 bits per heavy atom. The maximum Gasteiger partial charge on any atom is 0.261 e. The van der Waals surface area contributed by atoms with Crippen molar-refractivity contribution in [3.8, 4) is 0 Å². The van der Waals surface area contributed by atoms with Crippen molar-refractivity contribution >= 4 is 31.2 Å². The monoisotopic (exact) mass is 407 g/mol. The van der Waals surface area contributed by atoms with E-state index in [1.807, 2.05) is 18.2 Å². The molecule has 2 aromatic rings. The van der Waals surface area contributed by atoms with Crippen LogP contribution in [0, 0.1) is 0 Å². The first kappa shape index (κ1) is 21.4. The quantitative estimate of drug-likeness (QED) is 0.402. The smallest absolute Gasteiger partial charge is 0.261 e. The molecule has 0 amide bonds. The number of hydrogen-bond acceptors (Lipinski definition) is 4. The Hall–Kier alpha value is -2.34. The molecule has 0 aliphatic carbocycles. The third-order valence-electron chi connectivity index (χ3n) is 5.49. The Morgan fingerprint density at radius 2 is 1.59 bits per heavy atom. The molecule has 3 rings (SSSR count). The van der Waals surface area contributed by atoms with Crippen molar-refractivity contribution in [1.82, 2.24) is 0 Å². The van der Waals surface area contributed by atoms with Crippen LogP contribution in [0.4, 0.5) is 0 Å². The number of hydrogen-bond donors (Lipinski definition) is 0. The van der Waals surface area contributed by atoms with Crippen molar-refractivity contribution in [3.05, 3.63) is 72.8 Å². The zero-order chi connectivity index (χ0) is 21.0. The molecular formula is C24H29NO3Si. The molecule has 0 spiro atoms. The van der Waals surface area contributed by atoms with E-state index in [0.29, 0.717) is 6.61 Å². The minimum atomic E-state index is -2.67. The number of carbonyl (C=O) groups excluding carboxylic acids is 1. The van der Waals surface area contributed by atoms with Gasteiger partial charge in [-0.1, -0.05) is 87.5 Å². The lowest BCUT2D eigenvalue weighted by atomic mass is 10.0. The molecule has 152 valence electrons. The molecule has 29 heavy (non-hydrogen) atoms. The number of benzene rings is 2. The number of aliphatic imine (C=N–C) groups is 1. The van der Waals surface area contributed by atoms with Gasteiger partial charge < -0.3 is 14.0 Å². The lowest BCUT2D eigenvalue weighted by Crippen LogP contribution is -2.67. The fourth-order valence-corrected chi connectivity index (χ4v) is 8.49. The van der Waals surface area contributed by atoms with Crippen molar-refractivity contribution in [3.63, 3.8) is 0 Å². The van der Waals surface area contributed by atoms with Crippen LogP contribution in [-0.2, 0) is 14.0 Å². The van der Waals surface area contributed by atoms with Crippen molar-refractivity contribution in [2.24, 2.45) is 4.99 Å². The number of aldehydes is 1. The summed E-state index contributed by atoms with van der Waals surface area (Å²) in [5.41, 5.74) is -0.785. The Morgan fingerprint density at radius 3 is 1.97 bits per heavy atom. The first-order chi connectivity index (χ1) is 13.9. The van der Waals surface area contributed by atoms with Gasteiger partial charge in [-0.2, -0.15) is 0 Å². The molecule has 2 aromatic carbocycles. The minimum absolute atomic E-state index is 0.120. The van der Waals surface area contributed by atoms with Gasteiger partial charge in [-0.3, -0.25) is 4.99 Å². The fourth-order valence-electron chi connectivity index (χ4n) is 3.89. The van der Waals surface area contributed by atoms with Crippen LogP contribution >= 0.6 is 0 Å². The second-order valence-electron chi connectivity index (χ2n) is 8.37. The molecular weight excluding hydrogens is 378 g/mol. The third-order valence-corrected chi connectivity index (χ3v) is 10.5. The predicted octanol–water partition coefficient (Wildman–Crippen LogP) is 3.16. The number of methoxy groups -OCH3 is 1. The van der Waals surface area contributed by atoms with Crippen molar-refractivity contribution in [1.29, 1.82) is 0 Å². The van der Waals surface area contributed by atoms with Crippen molar-refractivity contribution < 1.29 is 14.0 Å². The van der Waals surface area contributed by atoms with E-state index in [2.05, 4.69) is 74.3 Å². The Labute approximate surface area is 174 Å². The van der Waals surface area contributed by atoms with E-state index in [9.17, 15) is 4.79 Å². The van der Waals surface area contributed by atoms with Gasteiger partial charge in [0.15, 0.2) is 0 Å². The summed E-state index contributed by atoms with van der Waals surface area (Å²) in [6, 6.07) is 20.5. The van der Waals surface area contributed by atoms with E-state index in [4.69, 9.17) is 9.16 Å². The molecule has 2 atom stereocenters. The number of ether oxygens (including phenoxy) is 1. The van der Waals surface area contributed by atoms with Gasteiger partial charge in [-0.05, 0) is 21.5 Å². The van der Waals surface area contributed by atoms with Crippen LogP contribution in [0.1, 0.15) is 20.8 Å². The molecule has 5 heteroatoms. The van der Waals surface area contributed by atoms with E-state index < -0.39 is 20.0 Å². The molecule has 0 N–H and O–H groups in total. The number of nitrogens with zero attached hydrogens (tertiary/aromatic N) is 1. The molecule has 1 heterocycles. The summed E-state index contributed by atoms with van der Waals surface area (Å²) >= 11 is 0. The molecule has 1 aliphatic heterocycles. The molecule has 0 saturated carbocycles. The highest BCUT2D eigenvalue weighted by atomic mass is 28.4. The molecule has 1 aliphatic rings. The molecule has 0 aromatic heterocycles. The second kappa shape index (κ2) is 8.57. The summed E-state index contributed by atoms with van der Waals surface area (Å²) in [5, 5.41) is 2.31. The van der Waals surface area contributed by atoms with Crippen LogP contribution < -0.4 is 10.4 Å². The van der Waals surface area contributed by atoms with Crippen LogP contribution in [0.2, 0.25) is 5.04 Å². The zero-order valence-electron chi connectivity index (χ0n) is 17.5. The van der Waals surface area contributed by atoms with Gasteiger partial charge in [0, 0.05) is 13.3 Å². The lowest BCUT2D eigenvalue weighted by molar-refractivity contribution is -0.108. The highest BCUT2D eigenvalue weighted by Gasteiger charge is 2.51. The topological polar surface area (TPSA) is 47.9 Å². The fraction of sp³-hybridized carbons (Fsp3) is 0.333. The Bertz CT molecular complexity index is 819. The molecule has 0 fully saturated rings. The lowest BCUT2D eigenvalue weighted by Gasteiger charge is -2.44. The summed E-state index contributed by atoms with van der Waals surface area (Å²) < 4.78 is 12.7. The summed E-state index contributed by atoms with van der Waals surface area (Å²) in [4.78, 5) is 15.4. The van der Waals surface area contributed by atoms with Crippen LogP contribution in [0.3, 0.4) is 0 Å². The van der Waals surface area contributed by atoms with E-state index in [1.54, 1.807) is 19.4 Å². The van der Waals surface area contributed by atoms with Gasteiger partial charge in [-0.15, -0.1) is 0 Å². The molecule has 4 nitrogen and oxygen atoms in total. The molecule has 2 unspecified atom stereocenters. The Balaban J connectivity index is 2.07. The standard InChI is InChI=1S/C24H29NO3Si/c1-23(2,3)29(21-11-7-5-8-12-21,22-13-9-6-10-14-22)28-19-24(27-4)16-15-20(17-26)25-18-24/h5-18,20H,19H2,1-4H3. The second-order valence-corrected chi connectivity index (χ2v) is 12.7. The minimum Gasteiger partial charge on any atom is -0.404 e. The van der Waals surface area contributed by atoms with Gasteiger partial charge in [-0.25, -0.2) is 0 Å². The van der Waals surface area contributed by atoms with E-state index >= 15 is 0 Å². The van der Waals surface area contributed by atoms with Gasteiger partial charge in [0.2, 0.25) is 0 Å². The number of carbonyl (C=O) groups is 1. The largest absolute Gasteiger partial charge is 0.404 e. The molecule has 0 radical (unpaired) electrons. The molecule has 0 bridgehead atoms. The van der Waals surface area contributed by atoms with E-state index in [-0.39, 0.29) is 5.04 Å².